The molecule has 7 heteroatoms. The number of halogens is 1. The summed E-state index contributed by atoms with van der Waals surface area (Å²) in [5, 5.41) is 0. The molecule has 0 aliphatic heterocycles. The summed E-state index contributed by atoms with van der Waals surface area (Å²) in [7, 11) is -3.61. The van der Waals surface area contributed by atoms with Crippen LogP contribution in [0.3, 0.4) is 0 Å². The maximum absolute atomic E-state index is 11.2. The Labute approximate surface area is 95.2 Å². The van der Waals surface area contributed by atoms with Crippen molar-refractivity contribution >= 4 is 16.1 Å². The second kappa shape index (κ2) is 5.55. The van der Waals surface area contributed by atoms with Crippen molar-refractivity contribution in [1.29, 1.82) is 0 Å². The van der Waals surface area contributed by atoms with Crippen molar-refractivity contribution in [3.05, 3.63) is 0 Å². The predicted molar refractivity (Wildman–Crippen MR) is 54.0 cm³/mol. The van der Waals surface area contributed by atoms with E-state index in [0.29, 0.717) is 12.3 Å². The number of nitrogens with one attached hydrogen (secondary N) is 1. The Morgan fingerprint density at radius 1 is 1.40 bits per heavy atom. The highest BCUT2D eigenvalue weighted by atomic mass is 35.5. The number of hydrogen-bond acceptors (Lipinski definition) is 4. The van der Waals surface area contributed by atoms with E-state index in [2.05, 4.69) is 11.6 Å². The van der Waals surface area contributed by atoms with Gasteiger partial charge in [-0.05, 0) is 20.8 Å². The molecule has 15 heavy (non-hydrogen) atoms. The first-order chi connectivity index (χ1) is 6.66. The number of carbonyl (C=O) groups is 1. The molecular weight excluding hydrogens is 242 g/mol. The molecule has 0 rings (SSSR count). The molecule has 0 aliphatic rings. The van der Waals surface area contributed by atoms with Crippen LogP contribution in [0.5, 0.6) is 0 Å². The van der Waals surface area contributed by atoms with Crippen molar-refractivity contribution < 1.29 is 29.6 Å². The molecule has 5 nitrogen and oxygen atoms in total. The van der Waals surface area contributed by atoms with E-state index in [1.807, 2.05) is 4.72 Å². The van der Waals surface area contributed by atoms with Crippen LogP contribution in [0, 0.1) is 11.6 Å². The van der Waals surface area contributed by atoms with Gasteiger partial charge in [-0.1, -0.05) is 0 Å². The maximum Gasteiger partial charge on any atom is 0.421 e. The second-order valence-electron chi connectivity index (χ2n) is 3.98. The summed E-state index contributed by atoms with van der Waals surface area (Å²) >= 11 is 4.61. The minimum Gasteiger partial charge on any atom is -0.443 e. The molecule has 0 radical (unpaired) electrons. The standard InChI is InChI=1S/C8H16ClNO4S/c1-8(2,3)14-7(11)10-15(12,13)6-4-5-9/h9H,4-6H2,1-3H3/p+1. The van der Waals surface area contributed by atoms with E-state index in [-0.39, 0.29) is 5.75 Å². The van der Waals surface area contributed by atoms with E-state index in [4.69, 9.17) is 4.74 Å². The number of carbonyl (C=O) groups excluding carboxylic acids is 1. The third-order valence-electron chi connectivity index (χ3n) is 1.20. The lowest BCUT2D eigenvalue weighted by Gasteiger charge is -2.19. The Morgan fingerprint density at radius 2 is 1.93 bits per heavy atom. The van der Waals surface area contributed by atoms with Crippen LogP contribution in [0.4, 0.5) is 4.79 Å². The van der Waals surface area contributed by atoms with E-state index in [1.165, 1.54) is 0 Å². The molecule has 0 spiro atoms. The molecular formula is C8H17ClNO4S+. The molecule has 0 unspecified atom stereocenters. The van der Waals surface area contributed by atoms with Crippen LogP contribution in [-0.2, 0) is 14.8 Å². The van der Waals surface area contributed by atoms with Gasteiger partial charge < -0.3 is 4.74 Å². The van der Waals surface area contributed by atoms with E-state index in [9.17, 15) is 13.2 Å². The summed E-state index contributed by atoms with van der Waals surface area (Å²) in [6.45, 7) is 4.97. The van der Waals surface area contributed by atoms with Gasteiger partial charge in [-0.3, -0.25) is 0 Å². The molecule has 90 valence electrons. The zero-order valence-corrected chi connectivity index (χ0v) is 10.7. The lowest BCUT2D eigenvalue weighted by Crippen LogP contribution is -2.37. The van der Waals surface area contributed by atoms with Crippen molar-refractivity contribution in [2.75, 3.05) is 11.6 Å². The topological polar surface area (TPSA) is 72.5 Å². The Balaban J connectivity index is 4.17. The minimum absolute atomic E-state index is 0.157. The van der Waals surface area contributed by atoms with E-state index in [0.717, 1.165) is 0 Å². The van der Waals surface area contributed by atoms with Gasteiger partial charge in [0.1, 0.15) is 17.2 Å². The lowest BCUT2D eigenvalue weighted by atomic mass is 10.2. The van der Waals surface area contributed by atoms with Crippen LogP contribution in [0.25, 0.3) is 0 Å². The molecule has 0 saturated heterocycles. The molecule has 0 fully saturated rings. The first-order valence-corrected chi connectivity index (χ1v) is 6.71. The summed E-state index contributed by atoms with van der Waals surface area (Å²) in [6.07, 6.45) is -0.611. The Morgan fingerprint density at radius 3 is 2.33 bits per heavy atom. The van der Waals surface area contributed by atoms with Crippen molar-refractivity contribution in [3.63, 3.8) is 0 Å². The quantitative estimate of drug-likeness (QED) is 0.746. The van der Waals surface area contributed by atoms with Gasteiger partial charge >= 0.3 is 6.09 Å². The van der Waals surface area contributed by atoms with Crippen LogP contribution >= 0.6 is 0 Å². The first-order valence-electron chi connectivity index (χ1n) is 4.48. The van der Waals surface area contributed by atoms with Gasteiger partial charge in [-0.2, -0.15) is 0 Å². The van der Waals surface area contributed by atoms with Crippen LogP contribution in [0.15, 0.2) is 0 Å². The first kappa shape index (κ1) is 14.5. The largest absolute Gasteiger partial charge is 0.443 e. The smallest absolute Gasteiger partial charge is 0.421 e. The average molecular weight is 259 g/mol. The zero-order chi connectivity index (χ0) is 12.1. The normalized spacial score (nSPS) is 12.3. The van der Waals surface area contributed by atoms with Gasteiger partial charge in [-0.15, -0.1) is 0 Å². The summed E-state index contributed by atoms with van der Waals surface area (Å²) in [5.74, 6) is 0.185. The Hall–Kier alpha value is -0.490. The number of alkyl halides is 1. The Kier molecular flexibility index (Phi) is 5.37. The molecule has 0 bridgehead atoms. The molecule has 0 aromatic carbocycles. The summed E-state index contributed by atoms with van der Waals surface area (Å²) in [5.41, 5.74) is -0.711. The fourth-order valence-electron chi connectivity index (χ4n) is 0.726. The lowest BCUT2D eigenvalue weighted by molar-refractivity contribution is -0.367. The Bertz CT molecular complexity index is 307. The molecule has 0 aromatic heterocycles. The van der Waals surface area contributed by atoms with Crippen molar-refractivity contribution in [1.82, 2.24) is 4.72 Å². The minimum atomic E-state index is -3.61. The zero-order valence-electron chi connectivity index (χ0n) is 9.07. The number of rotatable bonds is 4. The molecule has 0 heterocycles. The fraction of sp³-hybridized carbons (Fsp3) is 0.875. The van der Waals surface area contributed by atoms with E-state index >= 15 is 0 Å². The summed E-state index contributed by atoms with van der Waals surface area (Å²) in [6, 6.07) is 0. The van der Waals surface area contributed by atoms with Gasteiger partial charge in [0.05, 0.1) is 5.75 Å². The average Bonchev–Trinajstić information content (AvgIpc) is 1.95. The second-order valence-corrected chi connectivity index (χ2v) is 6.23. The van der Waals surface area contributed by atoms with Gasteiger partial charge in [0.25, 0.3) is 0 Å². The van der Waals surface area contributed by atoms with Gasteiger partial charge in [0, 0.05) is 6.42 Å². The predicted octanol–water partition coefficient (Wildman–Crippen LogP) is 0.513. The third kappa shape index (κ3) is 8.50. The third-order valence-corrected chi connectivity index (χ3v) is 2.79. The highest BCUT2D eigenvalue weighted by molar-refractivity contribution is 7.90. The molecule has 1 amide bonds. The van der Waals surface area contributed by atoms with E-state index in [1.54, 1.807) is 20.8 Å². The maximum atomic E-state index is 11.2. The van der Waals surface area contributed by atoms with Crippen LogP contribution in [0.2, 0.25) is 0 Å². The monoisotopic (exact) mass is 258 g/mol. The van der Waals surface area contributed by atoms with Crippen LogP contribution < -0.4 is 4.72 Å². The number of amides is 1. The molecule has 0 atom stereocenters. The van der Waals surface area contributed by atoms with Crippen molar-refractivity contribution in [2.24, 2.45) is 0 Å². The molecule has 0 aromatic rings. The highest BCUT2D eigenvalue weighted by Gasteiger charge is 2.21. The van der Waals surface area contributed by atoms with Gasteiger partial charge in [0.15, 0.2) is 5.88 Å². The molecule has 1 N–H and O–H groups in total. The summed E-state index contributed by atoms with van der Waals surface area (Å²) in [4.78, 5) is 11.1. The van der Waals surface area contributed by atoms with Crippen molar-refractivity contribution in [2.45, 2.75) is 32.8 Å². The van der Waals surface area contributed by atoms with Gasteiger partial charge in [0.2, 0.25) is 10.0 Å². The van der Waals surface area contributed by atoms with Crippen LogP contribution in [-0.4, -0.2) is 31.7 Å². The van der Waals surface area contributed by atoms with Crippen molar-refractivity contribution in [3.8, 4) is 0 Å². The molecule has 0 saturated carbocycles. The number of sulfonamides is 1. The fourth-order valence-corrected chi connectivity index (χ4v) is 1.97. The highest BCUT2D eigenvalue weighted by Crippen LogP contribution is 2.06. The number of hydrogen-bond donors (Lipinski definition) is 1. The van der Waals surface area contributed by atoms with E-state index < -0.39 is 21.7 Å². The van der Waals surface area contributed by atoms with Crippen LogP contribution in [0.1, 0.15) is 27.2 Å². The van der Waals surface area contributed by atoms with Gasteiger partial charge in [-0.25, -0.2) is 17.9 Å². The molecule has 0 aliphatic carbocycles. The summed E-state index contributed by atoms with van der Waals surface area (Å²) < 4.78 is 29.1. The number of ether oxygens (including phenoxy) is 1. The SMILES string of the molecule is CC(C)(C)OC(=O)NS(=O)(=O)CCC[ClH+].